The van der Waals surface area contributed by atoms with Crippen LogP contribution < -0.4 is 14.8 Å². The van der Waals surface area contributed by atoms with Crippen molar-refractivity contribution < 1.29 is 18.7 Å². The van der Waals surface area contributed by atoms with E-state index in [9.17, 15) is 4.79 Å². The average Bonchev–Trinajstić information content (AvgIpc) is 3.02. The first-order chi connectivity index (χ1) is 12.1. The van der Waals surface area contributed by atoms with Gasteiger partial charge in [-0.2, -0.15) is 0 Å². The van der Waals surface area contributed by atoms with E-state index < -0.39 is 0 Å². The van der Waals surface area contributed by atoms with Gasteiger partial charge in [-0.3, -0.25) is 4.79 Å². The molecule has 3 rings (SSSR count). The van der Waals surface area contributed by atoms with E-state index in [0.717, 1.165) is 11.1 Å². The van der Waals surface area contributed by atoms with Gasteiger partial charge in [0.05, 0.1) is 14.2 Å². The number of rotatable bonds is 5. The SMILES string of the molecule is COc1ccc(NC(=O)/C=C/c2cc3cc(Cl)cc(OC)c3o2)cc1. The Morgan fingerprint density at radius 3 is 2.56 bits per heavy atom. The molecule has 0 radical (unpaired) electrons. The number of carbonyl (C=O) groups is 1. The fraction of sp³-hybridized carbons (Fsp3) is 0.105. The average molecular weight is 358 g/mol. The Balaban J connectivity index is 1.74. The molecule has 0 saturated carbocycles. The molecule has 3 aromatic rings. The summed E-state index contributed by atoms with van der Waals surface area (Å²) in [6.45, 7) is 0. The Morgan fingerprint density at radius 1 is 1.12 bits per heavy atom. The zero-order valence-corrected chi connectivity index (χ0v) is 14.5. The fourth-order valence-corrected chi connectivity index (χ4v) is 2.57. The van der Waals surface area contributed by atoms with Gasteiger partial charge in [-0.15, -0.1) is 0 Å². The molecule has 0 bridgehead atoms. The molecule has 25 heavy (non-hydrogen) atoms. The van der Waals surface area contributed by atoms with E-state index in [1.165, 1.54) is 6.08 Å². The van der Waals surface area contributed by atoms with Crippen LogP contribution in [0.15, 0.2) is 53.0 Å². The number of ether oxygens (including phenoxy) is 2. The van der Waals surface area contributed by atoms with Crippen LogP contribution >= 0.6 is 11.6 Å². The fourth-order valence-electron chi connectivity index (χ4n) is 2.36. The quantitative estimate of drug-likeness (QED) is 0.669. The Morgan fingerprint density at radius 2 is 1.88 bits per heavy atom. The second kappa shape index (κ2) is 7.32. The predicted octanol–water partition coefficient (Wildman–Crippen LogP) is 4.76. The number of benzene rings is 2. The van der Waals surface area contributed by atoms with E-state index in [4.69, 9.17) is 25.5 Å². The first-order valence-electron chi connectivity index (χ1n) is 7.49. The molecule has 0 aliphatic carbocycles. The molecule has 0 unspecified atom stereocenters. The summed E-state index contributed by atoms with van der Waals surface area (Å²) < 4.78 is 16.0. The van der Waals surface area contributed by atoms with Crippen molar-refractivity contribution in [2.24, 2.45) is 0 Å². The molecule has 128 valence electrons. The molecule has 0 saturated heterocycles. The summed E-state index contributed by atoms with van der Waals surface area (Å²) in [7, 11) is 3.14. The Hall–Kier alpha value is -2.92. The van der Waals surface area contributed by atoms with Gasteiger partial charge in [-0.05, 0) is 42.5 Å². The summed E-state index contributed by atoms with van der Waals surface area (Å²) in [6, 6.07) is 12.3. The van der Waals surface area contributed by atoms with Gasteiger partial charge >= 0.3 is 0 Å². The number of hydrogen-bond donors (Lipinski definition) is 1. The summed E-state index contributed by atoms with van der Waals surface area (Å²) in [5.41, 5.74) is 1.26. The highest BCUT2D eigenvalue weighted by atomic mass is 35.5. The van der Waals surface area contributed by atoms with Crippen molar-refractivity contribution in [3.05, 3.63) is 59.3 Å². The van der Waals surface area contributed by atoms with Crippen LogP contribution in [0.25, 0.3) is 17.0 Å². The second-order valence-electron chi connectivity index (χ2n) is 5.23. The molecule has 1 heterocycles. The van der Waals surface area contributed by atoms with E-state index >= 15 is 0 Å². The number of methoxy groups -OCH3 is 2. The number of hydrogen-bond acceptors (Lipinski definition) is 4. The van der Waals surface area contributed by atoms with Crippen LogP contribution in [0.3, 0.4) is 0 Å². The van der Waals surface area contributed by atoms with Crippen molar-refractivity contribution >= 4 is 40.2 Å². The number of anilines is 1. The first kappa shape index (κ1) is 16.9. The van der Waals surface area contributed by atoms with Crippen molar-refractivity contribution in [3.63, 3.8) is 0 Å². The summed E-state index contributed by atoms with van der Waals surface area (Å²) >= 11 is 6.04. The maximum atomic E-state index is 12.0. The van der Waals surface area contributed by atoms with Gasteiger partial charge in [0.1, 0.15) is 11.5 Å². The number of amides is 1. The molecule has 0 atom stereocenters. The largest absolute Gasteiger partial charge is 0.497 e. The maximum Gasteiger partial charge on any atom is 0.248 e. The number of fused-ring (bicyclic) bond motifs is 1. The van der Waals surface area contributed by atoms with Crippen LogP contribution in [0.5, 0.6) is 11.5 Å². The number of halogens is 1. The minimum atomic E-state index is -0.268. The second-order valence-corrected chi connectivity index (χ2v) is 5.66. The highest BCUT2D eigenvalue weighted by Crippen LogP contribution is 2.32. The van der Waals surface area contributed by atoms with Crippen LogP contribution in [0, 0.1) is 0 Å². The van der Waals surface area contributed by atoms with Crippen molar-refractivity contribution in [1.82, 2.24) is 0 Å². The molecule has 1 N–H and O–H groups in total. The van der Waals surface area contributed by atoms with E-state index in [-0.39, 0.29) is 5.91 Å². The summed E-state index contributed by atoms with van der Waals surface area (Å²) in [6.07, 6.45) is 2.99. The summed E-state index contributed by atoms with van der Waals surface area (Å²) in [4.78, 5) is 12.0. The molecule has 1 amide bonds. The number of furan rings is 1. The van der Waals surface area contributed by atoms with E-state index in [0.29, 0.717) is 27.8 Å². The first-order valence-corrected chi connectivity index (χ1v) is 7.87. The molecule has 2 aromatic carbocycles. The van der Waals surface area contributed by atoms with Crippen LogP contribution in [0.2, 0.25) is 5.02 Å². The monoisotopic (exact) mass is 357 g/mol. The molecule has 0 fully saturated rings. The van der Waals surface area contributed by atoms with Crippen molar-refractivity contribution in [2.45, 2.75) is 0 Å². The normalized spacial score (nSPS) is 11.0. The van der Waals surface area contributed by atoms with Crippen molar-refractivity contribution in [2.75, 3.05) is 19.5 Å². The topological polar surface area (TPSA) is 60.7 Å². The molecule has 6 heteroatoms. The zero-order valence-electron chi connectivity index (χ0n) is 13.7. The molecule has 0 aliphatic heterocycles. The third-order valence-corrected chi connectivity index (χ3v) is 3.76. The Kier molecular flexibility index (Phi) is 4.95. The van der Waals surface area contributed by atoms with E-state index in [2.05, 4.69) is 5.32 Å². The van der Waals surface area contributed by atoms with Gasteiger partial charge < -0.3 is 19.2 Å². The third-order valence-electron chi connectivity index (χ3n) is 3.54. The smallest absolute Gasteiger partial charge is 0.248 e. The molecule has 0 aliphatic rings. The van der Waals surface area contributed by atoms with Gasteiger partial charge in [-0.1, -0.05) is 11.6 Å². The lowest BCUT2D eigenvalue weighted by atomic mass is 10.2. The Bertz CT molecular complexity index is 928. The van der Waals surface area contributed by atoms with Crippen LogP contribution in [0.1, 0.15) is 5.76 Å². The van der Waals surface area contributed by atoms with Gasteiger partial charge in [-0.25, -0.2) is 0 Å². The van der Waals surface area contributed by atoms with Gasteiger partial charge in [0.15, 0.2) is 11.3 Å². The minimum Gasteiger partial charge on any atom is -0.497 e. The lowest BCUT2D eigenvalue weighted by Crippen LogP contribution is -2.07. The zero-order chi connectivity index (χ0) is 17.8. The lowest BCUT2D eigenvalue weighted by molar-refractivity contribution is -0.111. The highest BCUT2D eigenvalue weighted by Gasteiger charge is 2.09. The molecule has 5 nitrogen and oxygen atoms in total. The van der Waals surface area contributed by atoms with Crippen LogP contribution in [-0.4, -0.2) is 20.1 Å². The maximum absolute atomic E-state index is 12.0. The molecular formula is C19H16ClNO4. The van der Waals surface area contributed by atoms with E-state index in [1.54, 1.807) is 62.8 Å². The standard InChI is InChI=1S/C19H16ClNO4/c1-23-15-5-3-14(4-6-15)21-18(22)8-7-16-10-12-9-13(20)11-17(24-2)19(12)25-16/h3-11H,1-2H3,(H,21,22)/b8-7+. The van der Waals surface area contributed by atoms with Crippen molar-refractivity contribution in [1.29, 1.82) is 0 Å². The molecule has 1 aromatic heterocycles. The van der Waals surface area contributed by atoms with Gasteiger partial charge in [0, 0.05) is 28.2 Å². The van der Waals surface area contributed by atoms with Crippen LogP contribution in [-0.2, 0) is 4.79 Å². The summed E-state index contributed by atoms with van der Waals surface area (Å²) in [5.74, 6) is 1.53. The lowest BCUT2D eigenvalue weighted by Gasteiger charge is -2.03. The number of nitrogens with one attached hydrogen (secondary N) is 1. The number of carbonyl (C=O) groups excluding carboxylic acids is 1. The van der Waals surface area contributed by atoms with Gasteiger partial charge in [0.2, 0.25) is 5.91 Å². The van der Waals surface area contributed by atoms with E-state index in [1.807, 2.05) is 0 Å². The van der Waals surface area contributed by atoms with Crippen LogP contribution in [0.4, 0.5) is 5.69 Å². The highest BCUT2D eigenvalue weighted by molar-refractivity contribution is 6.31. The third kappa shape index (κ3) is 3.95. The van der Waals surface area contributed by atoms with Crippen molar-refractivity contribution in [3.8, 4) is 11.5 Å². The van der Waals surface area contributed by atoms with Gasteiger partial charge in [0.25, 0.3) is 0 Å². The predicted molar refractivity (Wildman–Crippen MR) is 98.4 cm³/mol. The molecule has 0 spiro atoms. The summed E-state index contributed by atoms with van der Waals surface area (Å²) in [5, 5.41) is 4.12. The Labute approximate surface area is 149 Å². The minimum absolute atomic E-state index is 0.268. The molecular weight excluding hydrogens is 342 g/mol.